The Bertz CT molecular complexity index is 1550. The minimum absolute atomic E-state index is 0.0786. The maximum atomic E-state index is 12.9. The largest absolute Gasteiger partial charge is 0.480 e. The van der Waals surface area contributed by atoms with Crippen molar-refractivity contribution in [2.75, 3.05) is 19.7 Å². The van der Waals surface area contributed by atoms with Gasteiger partial charge < -0.3 is 30.0 Å². The molecule has 0 aliphatic carbocycles. The number of rotatable bonds is 15. The van der Waals surface area contributed by atoms with E-state index in [2.05, 4.69) is 21.5 Å². The molecular weight excluding hydrogens is 863 g/mol. The van der Waals surface area contributed by atoms with Crippen LogP contribution in [0, 0.1) is 23.7 Å². The lowest BCUT2D eigenvalue weighted by molar-refractivity contribution is -0.159. The smallest absolute Gasteiger partial charge is 0.325 e. The molecule has 0 aromatic heterocycles. The number of hydrogen-bond donors (Lipinski definition) is 5. The number of amides is 4. The fraction of sp³-hybridized carbons (Fsp3) is 0.800. The molecule has 18 nitrogen and oxygen atoms in total. The molecule has 2 heterocycles. The summed E-state index contributed by atoms with van der Waals surface area (Å²) in [7, 11) is 0. The van der Waals surface area contributed by atoms with Gasteiger partial charge >= 0.3 is 23.9 Å². The zero-order valence-corrected chi connectivity index (χ0v) is 39.7. The van der Waals surface area contributed by atoms with E-state index in [-0.39, 0.29) is 24.7 Å². The molecule has 0 aromatic carbocycles. The van der Waals surface area contributed by atoms with E-state index in [0.717, 1.165) is 0 Å². The first-order chi connectivity index (χ1) is 27.8. The predicted octanol–water partition coefficient (Wildman–Crippen LogP) is 3.98. The van der Waals surface area contributed by atoms with Crippen LogP contribution in [0.3, 0.4) is 0 Å². The highest BCUT2D eigenvalue weighted by molar-refractivity contribution is 6.67. The molecule has 6 atom stereocenters. The monoisotopic (exact) mass is 928 g/mol. The van der Waals surface area contributed by atoms with Gasteiger partial charge in [-0.1, -0.05) is 62.5 Å². The van der Waals surface area contributed by atoms with Crippen LogP contribution in [0.2, 0.25) is 0 Å². The summed E-state index contributed by atoms with van der Waals surface area (Å²) in [5.41, 5.74) is 4.19. The topological polar surface area (TPSA) is 239 Å². The summed E-state index contributed by atoms with van der Waals surface area (Å²) >= 11 is 16.8. The van der Waals surface area contributed by atoms with Crippen LogP contribution in [-0.4, -0.2) is 121 Å². The van der Waals surface area contributed by atoms with Crippen LogP contribution in [0.4, 0.5) is 0 Å². The van der Waals surface area contributed by atoms with E-state index in [9.17, 15) is 38.4 Å². The number of alkyl halides is 3. The molecule has 2 aliphatic heterocycles. The molecule has 0 aromatic rings. The van der Waals surface area contributed by atoms with Crippen molar-refractivity contribution in [1.29, 1.82) is 0 Å². The highest BCUT2D eigenvalue weighted by Gasteiger charge is 2.36. The second-order valence-electron chi connectivity index (χ2n) is 17.9. The number of carbonyl (C=O) groups is 8. The normalized spacial score (nSPS) is 19.3. The molecule has 0 unspecified atom stereocenters. The van der Waals surface area contributed by atoms with E-state index in [1.807, 2.05) is 27.7 Å². The molecular formula is C40H67Cl3N6O12. The molecule has 2 rings (SSSR count). The van der Waals surface area contributed by atoms with Gasteiger partial charge in [-0.15, -0.1) is 0 Å². The molecule has 2 fully saturated rings. The van der Waals surface area contributed by atoms with Crippen molar-refractivity contribution in [1.82, 2.24) is 31.5 Å². The van der Waals surface area contributed by atoms with Crippen LogP contribution in [0.5, 0.6) is 0 Å². The third-order valence-electron chi connectivity index (χ3n) is 9.22. The Hall–Kier alpha value is -3.45. The summed E-state index contributed by atoms with van der Waals surface area (Å²) in [5, 5.41) is 16.9. The molecule has 2 saturated heterocycles. The number of nitrogens with one attached hydrogen (secondary N) is 4. The van der Waals surface area contributed by atoms with Gasteiger partial charge in [-0.05, 0) is 92.9 Å². The van der Waals surface area contributed by atoms with Crippen molar-refractivity contribution in [2.24, 2.45) is 23.7 Å². The minimum Gasteiger partial charge on any atom is -0.480 e. The number of carboxylic acids is 1. The van der Waals surface area contributed by atoms with Crippen molar-refractivity contribution >= 4 is 82.3 Å². The third-order valence-corrected chi connectivity index (χ3v) is 9.55. The molecule has 2 aliphatic rings. The van der Waals surface area contributed by atoms with E-state index in [4.69, 9.17) is 54.1 Å². The number of ether oxygens (including phenoxy) is 3. The number of esters is 3. The fourth-order valence-corrected chi connectivity index (χ4v) is 6.28. The van der Waals surface area contributed by atoms with Crippen molar-refractivity contribution in [2.45, 2.75) is 161 Å². The minimum atomic E-state index is -1.73. The SMILES string of the molecule is CC(C)[C@H](CC(=O)OC(C)(C)C)C(=O)N[C@@H](C)C(=O)N1CCC[C@@H](C(=O)O)N1.CC(C)[C@H](CC(=O)OC(C)(C)C)C(=O)N[C@@H](C)C(=O)N1CCC[C@@H](C(=O)OCC(Cl)(Cl)Cl)N1. The molecule has 0 spiro atoms. The predicted molar refractivity (Wildman–Crippen MR) is 227 cm³/mol. The molecule has 0 bridgehead atoms. The van der Waals surface area contributed by atoms with Gasteiger partial charge in [0.05, 0.1) is 24.7 Å². The average Bonchev–Trinajstić information content (AvgIpc) is 3.12. The Morgan fingerprint density at radius 1 is 0.656 bits per heavy atom. The first kappa shape index (κ1) is 55.6. The Balaban J connectivity index is 0.000000618. The zero-order valence-electron chi connectivity index (χ0n) is 37.4. The molecule has 0 radical (unpaired) electrons. The number of hydrogen-bond acceptors (Lipinski definition) is 13. The molecule has 0 saturated carbocycles. The van der Waals surface area contributed by atoms with E-state index in [1.54, 1.807) is 41.5 Å². The van der Waals surface area contributed by atoms with Crippen LogP contribution in [0.1, 0.15) is 122 Å². The van der Waals surface area contributed by atoms with Crippen molar-refractivity contribution in [3.8, 4) is 0 Å². The van der Waals surface area contributed by atoms with Crippen LogP contribution < -0.4 is 21.5 Å². The number of aliphatic carboxylic acids is 1. The lowest BCUT2D eigenvalue weighted by Crippen LogP contribution is -2.60. The Labute approximate surface area is 374 Å². The van der Waals surface area contributed by atoms with Gasteiger partial charge in [0.2, 0.25) is 15.6 Å². The molecule has 5 N–H and O–H groups in total. The van der Waals surface area contributed by atoms with Gasteiger partial charge in [-0.2, -0.15) is 0 Å². The Morgan fingerprint density at radius 3 is 1.34 bits per heavy atom. The van der Waals surface area contributed by atoms with Crippen molar-refractivity contribution in [3.63, 3.8) is 0 Å². The van der Waals surface area contributed by atoms with Crippen LogP contribution in [-0.2, 0) is 52.6 Å². The summed E-state index contributed by atoms with van der Waals surface area (Å²) in [6.07, 6.45) is 1.80. The number of carbonyl (C=O) groups excluding carboxylic acids is 7. The molecule has 4 amide bonds. The lowest BCUT2D eigenvalue weighted by Gasteiger charge is -2.34. The first-order valence-electron chi connectivity index (χ1n) is 20.5. The highest BCUT2D eigenvalue weighted by Crippen LogP contribution is 2.26. The molecule has 61 heavy (non-hydrogen) atoms. The second-order valence-corrected chi connectivity index (χ2v) is 20.4. The van der Waals surface area contributed by atoms with E-state index < -0.39 is 105 Å². The van der Waals surface area contributed by atoms with Gasteiger partial charge in [0.1, 0.15) is 42.0 Å². The second kappa shape index (κ2) is 24.4. The number of carboxylic acid groups (broad SMARTS) is 1. The standard InChI is InChI=1S/C21H34Cl3N3O6.C19H33N3O6/c1-12(2)14(10-16(28)33-20(4,5)6)17(29)25-13(3)18(30)27-9-7-8-15(26-27)19(31)32-11-21(22,23)24;1-11(2)13(10-15(23)28-19(4,5)6)16(24)20-12(3)17(25)22-9-7-8-14(21-22)18(26)27/h12-15,26H,7-11H2,1-6H3,(H,25,29);11-14,21H,7-10H2,1-6H3,(H,20,24)(H,26,27)/t13-,14-,15-;12-,13-,14-/m00/s1. The quantitative estimate of drug-likeness (QED) is 0.0888. The first-order valence-corrected chi connectivity index (χ1v) is 21.6. The lowest BCUT2D eigenvalue weighted by atomic mass is 9.91. The van der Waals surface area contributed by atoms with Gasteiger partial charge in [-0.3, -0.25) is 48.4 Å². The number of halogens is 3. The molecule has 350 valence electrons. The van der Waals surface area contributed by atoms with E-state index >= 15 is 0 Å². The van der Waals surface area contributed by atoms with E-state index in [1.165, 1.54) is 23.9 Å². The van der Waals surface area contributed by atoms with Gasteiger partial charge in [0.15, 0.2) is 0 Å². The maximum Gasteiger partial charge on any atom is 0.325 e. The molecule has 21 heteroatoms. The number of hydrazine groups is 2. The van der Waals surface area contributed by atoms with Gasteiger partial charge in [0, 0.05) is 13.1 Å². The summed E-state index contributed by atoms with van der Waals surface area (Å²) in [4.78, 5) is 98.5. The van der Waals surface area contributed by atoms with Crippen molar-refractivity contribution < 1.29 is 57.7 Å². The fourth-order valence-electron chi connectivity index (χ4n) is 6.11. The third kappa shape index (κ3) is 21.5. The van der Waals surface area contributed by atoms with Gasteiger partial charge in [0.25, 0.3) is 11.8 Å². The Morgan fingerprint density at radius 2 is 1.02 bits per heavy atom. The summed E-state index contributed by atoms with van der Waals surface area (Å²) in [6, 6.07) is -3.35. The van der Waals surface area contributed by atoms with Crippen LogP contribution >= 0.6 is 34.8 Å². The van der Waals surface area contributed by atoms with Gasteiger partial charge in [-0.25, -0.2) is 10.9 Å². The number of nitrogens with zero attached hydrogens (tertiary/aromatic N) is 2. The summed E-state index contributed by atoms with van der Waals surface area (Å²) in [6.45, 7) is 21.2. The van der Waals surface area contributed by atoms with Crippen LogP contribution in [0.15, 0.2) is 0 Å². The zero-order chi connectivity index (χ0) is 47.2. The van der Waals surface area contributed by atoms with E-state index in [0.29, 0.717) is 38.8 Å². The maximum absolute atomic E-state index is 12.9. The highest BCUT2D eigenvalue weighted by atomic mass is 35.6. The van der Waals surface area contributed by atoms with Crippen molar-refractivity contribution in [3.05, 3.63) is 0 Å². The summed E-state index contributed by atoms with van der Waals surface area (Å²) < 4.78 is 13.9. The average molecular weight is 930 g/mol. The Kier molecular flexibility index (Phi) is 22.2. The summed E-state index contributed by atoms with van der Waals surface area (Å²) in [5.74, 6) is -5.86. The van der Waals surface area contributed by atoms with Crippen LogP contribution in [0.25, 0.3) is 0 Å².